The molecule has 2 aromatic carbocycles. The van der Waals surface area contributed by atoms with Crippen molar-refractivity contribution in [3.8, 4) is 0 Å². The summed E-state index contributed by atoms with van der Waals surface area (Å²) in [6.45, 7) is 5.13. The summed E-state index contributed by atoms with van der Waals surface area (Å²) in [7, 11) is 0. The lowest BCUT2D eigenvalue weighted by atomic mass is 9.98. The quantitative estimate of drug-likeness (QED) is 0.688. The number of hydrogen-bond acceptors (Lipinski definition) is 3. The molecule has 0 unspecified atom stereocenters. The fourth-order valence-electron chi connectivity index (χ4n) is 2.93. The van der Waals surface area contributed by atoms with Crippen molar-refractivity contribution in [2.75, 3.05) is 0 Å². The first-order chi connectivity index (χ1) is 13.4. The van der Waals surface area contributed by atoms with E-state index in [1.807, 2.05) is 74.5 Å². The number of rotatable bonds is 7. The molecule has 0 aliphatic rings. The Hall–Kier alpha value is -3.15. The average Bonchev–Trinajstić information content (AvgIpc) is 2.70. The second-order valence-corrected chi connectivity index (χ2v) is 6.78. The summed E-state index contributed by atoms with van der Waals surface area (Å²) in [4.78, 5) is 36.5. The lowest BCUT2D eigenvalue weighted by Gasteiger charge is -2.24. The maximum absolute atomic E-state index is 12.6. The highest BCUT2D eigenvalue weighted by atomic mass is 16.2. The van der Waals surface area contributed by atoms with Gasteiger partial charge in [0, 0.05) is 6.92 Å². The van der Waals surface area contributed by atoms with Gasteiger partial charge in [0.1, 0.15) is 6.04 Å². The molecule has 0 fully saturated rings. The predicted octanol–water partition coefficient (Wildman–Crippen LogP) is 3.15. The van der Waals surface area contributed by atoms with Crippen LogP contribution in [0.15, 0.2) is 60.7 Å². The zero-order valence-electron chi connectivity index (χ0n) is 16.4. The van der Waals surface area contributed by atoms with Gasteiger partial charge in [-0.2, -0.15) is 0 Å². The Morgan fingerprint density at radius 3 is 1.79 bits per heavy atom. The first kappa shape index (κ1) is 21.2. The Morgan fingerprint density at radius 2 is 1.36 bits per heavy atom. The normalized spacial score (nSPS) is 12.7. The average molecular weight is 381 g/mol. The molecule has 6 nitrogen and oxygen atoms in total. The van der Waals surface area contributed by atoms with Gasteiger partial charge in [-0.05, 0) is 17.0 Å². The van der Waals surface area contributed by atoms with Crippen molar-refractivity contribution in [1.82, 2.24) is 16.0 Å². The smallest absolute Gasteiger partial charge is 0.322 e. The minimum atomic E-state index is -0.764. The van der Waals surface area contributed by atoms with E-state index in [0.717, 1.165) is 11.1 Å². The zero-order chi connectivity index (χ0) is 20.5. The molecule has 0 aliphatic heterocycles. The molecule has 0 bridgehead atoms. The fraction of sp³-hybridized carbons (Fsp3) is 0.318. The molecule has 0 heterocycles. The Labute approximate surface area is 165 Å². The van der Waals surface area contributed by atoms with Crippen LogP contribution in [0.4, 0.5) is 4.79 Å². The Kier molecular flexibility index (Phi) is 7.75. The summed E-state index contributed by atoms with van der Waals surface area (Å²) in [5, 5.41) is 7.85. The van der Waals surface area contributed by atoms with Crippen molar-refractivity contribution in [1.29, 1.82) is 0 Å². The van der Waals surface area contributed by atoms with Crippen LogP contribution in [0.3, 0.4) is 0 Å². The molecule has 6 heteroatoms. The molecule has 4 amide bonds. The van der Waals surface area contributed by atoms with E-state index < -0.39 is 24.0 Å². The molecule has 0 aliphatic carbocycles. The monoisotopic (exact) mass is 381 g/mol. The van der Waals surface area contributed by atoms with Crippen molar-refractivity contribution >= 4 is 17.8 Å². The minimum absolute atomic E-state index is 0.101. The molecule has 0 saturated heterocycles. The Morgan fingerprint density at radius 1 is 0.857 bits per heavy atom. The molecular weight excluding hydrogens is 354 g/mol. The van der Waals surface area contributed by atoms with E-state index >= 15 is 0 Å². The predicted molar refractivity (Wildman–Crippen MR) is 108 cm³/mol. The molecule has 0 saturated carbocycles. The van der Waals surface area contributed by atoms with E-state index in [1.165, 1.54) is 6.92 Å². The lowest BCUT2D eigenvalue weighted by Crippen LogP contribution is -2.53. The van der Waals surface area contributed by atoms with Crippen LogP contribution < -0.4 is 16.0 Å². The molecule has 2 rings (SSSR count). The van der Waals surface area contributed by atoms with Gasteiger partial charge in [-0.3, -0.25) is 14.9 Å². The number of urea groups is 1. The SMILES string of the molecule is CC[C@H](C)[C@H](NC(C)=O)C(=O)NC(=O)NC(c1ccccc1)c1ccccc1. The summed E-state index contributed by atoms with van der Waals surface area (Å²) in [6, 6.07) is 17.3. The van der Waals surface area contributed by atoms with E-state index in [2.05, 4.69) is 16.0 Å². The number of carbonyl (C=O) groups excluding carboxylic acids is 3. The molecule has 0 aromatic heterocycles. The number of nitrogens with one attached hydrogen (secondary N) is 3. The second kappa shape index (κ2) is 10.3. The number of hydrogen-bond donors (Lipinski definition) is 3. The third-order valence-corrected chi connectivity index (χ3v) is 4.63. The highest BCUT2D eigenvalue weighted by molar-refractivity contribution is 5.98. The van der Waals surface area contributed by atoms with Gasteiger partial charge < -0.3 is 10.6 Å². The van der Waals surface area contributed by atoms with E-state index in [1.54, 1.807) is 0 Å². The molecule has 2 aromatic rings. The largest absolute Gasteiger partial charge is 0.344 e. The van der Waals surface area contributed by atoms with Crippen LogP contribution in [0, 0.1) is 5.92 Å². The Balaban J connectivity index is 2.15. The molecular formula is C22H27N3O3. The van der Waals surface area contributed by atoms with Gasteiger partial charge in [-0.1, -0.05) is 80.9 Å². The third kappa shape index (κ3) is 5.94. The van der Waals surface area contributed by atoms with Crippen molar-refractivity contribution in [3.63, 3.8) is 0 Å². The van der Waals surface area contributed by atoms with Crippen molar-refractivity contribution in [3.05, 3.63) is 71.8 Å². The molecule has 0 radical (unpaired) electrons. The number of carbonyl (C=O) groups is 3. The molecule has 3 N–H and O–H groups in total. The highest BCUT2D eigenvalue weighted by Crippen LogP contribution is 2.21. The van der Waals surface area contributed by atoms with E-state index in [-0.39, 0.29) is 11.8 Å². The van der Waals surface area contributed by atoms with Crippen molar-refractivity contribution in [2.45, 2.75) is 39.3 Å². The van der Waals surface area contributed by atoms with E-state index in [9.17, 15) is 14.4 Å². The second-order valence-electron chi connectivity index (χ2n) is 6.78. The molecule has 148 valence electrons. The first-order valence-electron chi connectivity index (χ1n) is 9.40. The van der Waals surface area contributed by atoms with Crippen LogP contribution in [-0.4, -0.2) is 23.9 Å². The van der Waals surface area contributed by atoms with Gasteiger partial charge in [0.25, 0.3) is 5.91 Å². The van der Waals surface area contributed by atoms with Crippen LogP contribution in [0.1, 0.15) is 44.4 Å². The van der Waals surface area contributed by atoms with Gasteiger partial charge in [0.15, 0.2) is 0 Å². The van der Waals surface area contributed by atoms with Crippen LogP contribution >= 0.6 is 0 Å². The van der Waals surface area contributed by atoms with Crippen LogP contribution in [0.5, 0.6) is 0 Å². The van der Waals surface area contributed by atoms with Gasteiger partial charge in [0.05, 0.1) is 6.04 Å². The van der Waals surface area contributed by atoms with Crippen molar-refractivity contribution < 1.29 is 14.4 Å². The minimum Gasteiger partial charge on any atom is -0.344 e. The van der Waals surface area contributed by atoms with Gasteiger partial charge in [-0.25, -0.2) is 4.79 Å². The van der Waals surface area contributed by atoms with Crippen molar-refractivity contribution in [2.24, 2.45) is 5.92 Å². The van der Waals surface area contributed by atoms with Gasteiger partial charge in [0.2, 0.25) is 5.91 Å². The number of imide groups is 1. The summed E-state index contributed by atoms with van der Waals surface area (Å²) in [5.41, 5.74) is 1.80. The lowest BCUT2D eigenvalue weighted by molar-refractivity contribution is -0.128. The van der Waals surface area contributed by atoms with Crippen LogP contribution in [0.25, 0.3) is 0 Å². The maximum Gasteiger partial charge on any atom is 0.322 e. The maximum atomic E-state index is 12.6. The molecule has 0 spiro atoms. The Bertz CT molecular complexity index is 754. The standard InChI is InChI=1S/C22H27N3O3/c1-4-15(2)19(23-16(3)26)21(27)25-22(28)24-20(17-11-7-5-8-12-17)18-13-9-6-10-14-18/h5-15,19-20H,4H2,1-3H3,(H,23,26)(H2,24,25,27,28)/t15-,19-/m0/s1. The highest BCUT2D eigenvalue weighted by Gasteiger charge is 2.27. The fourth-order valence-corrected chi connectivity index (χ4v) is 2.93. The summed E-state index contributed by atoms with van der Waals surface area (Å²) in [6.07, 6.45) is 0.691. The van der Waals surface area contributed by atoms with Crippen LogP contribution in [-0.2, 0) is 9.59 Å². The van der Waals surface area contributed by atoms with E-state index in [0.29, 0.717) is 6.42 Å². The van der Waals surface area contributed by atoms with Gasteiger partial charge >= 0.3 is 6.03 Å². The van der Waals surface area contributed by atoms with E-state index in [4.69, 9.17) is 0 Å². The number of benzene rings is 2. The zero-order valence-corrected chi connectivity index (χ0v) is 16.4. The molecule has 28 heavy (non-hydrogen) atoms. The van der Waals surface area contributed by atoms with Crippen LogP contribution in [0.2, 0.25) is 0 Å². The first-order valence-corrected chi connectivity index (χ1v) is 9.40. The summed E-state index contributed by atoms with van der Waals surface area (Å²) >= 11 is 0. The van der Waals surface area contributed by atoms with Gasteiger partial charge in [-0.15, -0.1) is 0 Å². The number of amides is 4. The third-order valence-electron chi connectivity index (χ3n) is 4.63. The summed E-state index contributed by atoms with van der Waals surface area (Å²) in [5.74, 6) is -0.940. The summed E-state index contributed by atoms with van der Waals surface area (Å²) < 4.78 is 0. The molecule has 2 atom stereocenters. The topological polar surface area (TPSA) is 87.3 Å².